The van der Waals surface area contributed by atoms with Crippen LogP contribution in [0.25, 0.3) is 0 Å². The highest BCUT2D eigenvalue weighted by Gasteiger charge is 2.19. The summed E-state index contributed by atoms with van der Waals surface area (Å²) < 4.78 is 0. The van der Waals surface area contributed by atoms with Crippen LogP contribution in [0.2, 0.25) is 0 Å². The SMILES string of the molecule is CCc1cc(C(C)(C)C)ccc1N1C=CC=CC1C=N. The number of rotatable bonds is 3. The molecule has 2 nitrogen and oxygen atoms in total. The second-order valence-electron chi connectivity index (χ2n) is 6.24. The van der Waals surface area contributed by atoms with Crippen LogP contribution in [0.1, 0.15) is 38.8 Å². The highest BCUT2D eigenvalue weighted by molar-refractivity contribution is 5.75. The smallest absolute Gasteiger partial charge is 0.0867 e. The van der Waals surface area contributed by atoms with Crippen LogP contribution in [-0.2, 0) is 11.8 Å². The predicted octanol–water partition coefficient (Wildman–Crippen LogP) is 4.45. The first-order valence-electron chi connectivity index (χ1n) is 7.24. The Morgan fingerprint density at radius 3 is 2.60 bits per heavy atom. The lowest BCUT2D eigenvalue weighted by Gasteiger charge is -2.30. The van der Waals surface area contributed by atoms with Crippen LogP contribution in [0, 0.1) is 5.41 Å². The Labute approximate surface area is 122 Å². The molecule has 0 amide bonds. The lowest BCUT2D eigenvalue weighted by Crippen LogP contribution is -2.32. The summed E-state index contributed by atoms with van der Waals surface area (Å²) in [5, 5.41) is 7.59. The maximum atomic E-state index is 7.59. The summed E-state index contributed by atoms with van der Waals surface area (Å²) in [5.74, 6) is 0. The molecule has 2 rings (SSSR count). The molecule has 1 unspecified atom stereocenters. The molecule has 0 spiro atoms. The standard InChI is InChI=1S/C18H24N2/c1-5-14-12-15(18(2,3)4)9-10-17(14)20-11-7-6-8-16(20)13-19/h6-13,16,19H,5H2,1-4H3. The van der Waals surface area contributed by atoms with Crippen LogP contribution in [0.15, 0.2) is 42.6 Å². The zero-order valence-electron chi connectivity index (χ0n) is 12.9. The van der Waals surface area contributed by atoms with Crippen molar-refractivity contribution in [3.63, 3.8) is 0 Å². The molecule has 0 saturated heterocycles. The van der Waals surface area contributed by atoms with Gasteiger partial charge in [0.15, 0.2) is 0 Å². The van der Waals surface area contributed by atoms with E-state index in [1.807, 2.05) is 18.2 Å². The van der Waals surface area contributed by atoms with E-state index in [1.165, 1.54) is 23.0 Å². The van der Waals surface area contributed by atoms with Gasteiger partial charge in [-0.1, -0.05) is 52.0 Å². The van der Waals surface area contributed by atoms with E-state index in [9.17, 15) is 0 Å². The number of benzene rings is 1. The zero-order chi connectivity index (χ0) is 14.8. The summed E-state index contributed by atoms with van der Waals surface area (Å²) in [5.41, 5.74) is 4.07. The summed E-state index contributed by atoms with van der Waals surface area (Å²) in [7, 11) is 0. The Kier molecular flexibility index (Phi) is 4.12. The van der Waals surface area contributed by atoms with Crippen LogP contribution in [0.5, 0.6) is 0 Å². The molecule has 1 aliphatic heterocycles. The molecule has 20 heavy (non-hydrogen) atoms. The van der Waals surface area contributed by atoms with Crippen molar-refractivity contribution in [2.45, 2.75) is 45.6 Å². The minimum atomic E-state index is 0.0192. The first kappa shape index (κ1) is 14.6. The Hall–Kier alpha value is -1.83. The first-order valence-corrected chi connectivity index (χ1v) is 7.24. The minimum absolute atomic E-state index is 0.0192. The van der Waals surface area contributed by atoms with Crippen LogP contribution in [-0.4, -0.2) is 12.3 Å². The summed E-state index contributed by atoms with van der Waals surface area (Å²) in [6.07, 6.45) is 10.6. The molecular weight excluding hydrogens is 244 g/mol. The van der Waals surface area contributed by atoms with Crippen LogP contribution < -0.4 is 4.90 Å². The van der Waals surface area contributed by atoms with Crippen molar-refractivity contribution in [3.05, 3.63) is 53.8 Å². The molecule has 1 heterocycles. The summed E-state index contributed by atoms with van der Waals surface area (Å²) in [6.45, 7) is 8.91. The molecule has 0 aliphatic carbocycles. The van der Waals surface area contributed by atoms with Crippen molar-refractivity contribution in [1.29, 1.82) is 5.41 Å². The third-order valence-corrected chi connectivity index (χ3v) is 3.76. The Morgan fingerprint density at radius 1 is 1.25 bits per heavy atom. The third-order valence-electron chi connectivity index (χ3n) is 3.76. The largest absolute Gasteiger partial charge is 0.336 e. The van der Waals surface area contributed by atoms with Gasteiger partial charge in [-0.2, -0.15) is 0 Å². The second-order valence-corrected chi connectivity index (χ2v) is 6.24. The van der Waals surface area contributed by atoms with Gasteiger partial charge in [0, 0.05) is 18.1 Å². The van der Waals surface area contributed by atoms with Crippen molar-refractivity contribution in [2.24, 2.45) is 0 Å². The molecule has 1 aliphatic rings. The topological polar surface area (TPSA) is 27.1 Å². The zero-order valence-corrected chi connectivity index (χ0v) is 12.9. The highest BCUT2D eigenvalue weighted by atomic mass is 15.1. The van der Waals surface area contributed by atoms with Crippen molar-refractivity contribution in [1.82, 2.24) is 0 Å². The van der Waals surface area contributed by atoms with Gasteiger partial charge in [-0.3, -0.25) is 0 Å². The number of hydrogen-bond acceptors (Lipinski definition) is 2. The number of nitrogens with one attached hydrogen (secondary N) is 1. The van der Waals surface area contributed by atoms with Crippen LogP contribution in [0.3, 0.4) is 0 Å². The fraction of sp³-hybridized carbons (Fsp3) is 0.389. The quantitative estimate of drug-likeness (QED) is 0.805. The van der Waals surface area contributed by atoms with Crippen molar-refractivity contribution in [2.75, 3.05) is 4.90 Å². The lowest BCUT2D eigenvalue weighted by molar-refractivity contribution is 0.589. The average molecular weight is 268 g/mol. The normalized spacial score (nSPS) is 18.4. The predicted molar refractivity (Wildman–Crippen MR) is 87.9 cm³/mol. The molecule has 2 heteroatoms. The van der Waals surface area contributed by atoms with E-state index in [-0.39, 0.29) is 11.5 Å². The number of nitrogens with zero attached hydrogens (tertiary/aromatic N) is 1. The Bertz CT molecular complexity index is 547. The van der Waals surface area contributed by atoms with E-state index >= 15 is 0 Å². The lowest BCUT2D eigenvalue weighted by atomic mass is 9.85. The molecule has 0 aromatic heterocycles. The summed E-state index contributed by atoms with van der Waals surface area (Å²) in [4.78, 5) is 2.16. The van der Waals surface area contributed by atoms with E-state index in [2.05, 4.69) is 57.0 Å². The van der Waals surface area contributed by atoms with Gasteiger partial charge in [0.2, 0.25) is 0 Å². The summed E-state index contributed by atoms with van der Waals surface area (Å²) >= 11 is 0. The van der Waals surface area contributed by atoms with Crippen LogP contribution >= 0.6 is 0 Å². The molecular formula is C18H24N2. The molecule has 0 bridgehead atoms. The Balaban J connectivity index is 2.44. The third kappa shape index (κ3) is 2.84. The van der Waals surface area contributed by atoms with E-state index < -0.39 is 0 Å². The molecule has 1 atom stereocenters. The molecule has 106 valence electrons. The number of hydrogen-bond donors (Lipinski definition) is 1. The maximum Gasteiger partial charge on any atom is 0.0867 e. The molecule has 1 N–H and O–H groups in total. The van der Waals surface area contributed by atoms with Gasteiger partial charge >= 0.3 is 0 Å². The highest BCUT2D eigenvalue weighted by Crippen LogP contribution is 2.31. The average Bonchev–Trinajstić information content (AvgIpc) is 2.45. The Morgan fingerprint density at radius 2 is 2.00 bits per heavy atom. The molecule has 0 saturated carbocycles. The van der Waals surface area contributed by atoms with Gasteiger partial charge in [0.25, 0.3) is 0 Å². The molecule has 1 aromatic rings. The van der Waals surface area contributed by atoms with E-state index in [0.29, 0.717) is 0 Å². The fourth-order valence-electron chi connectivity index (χ4n) is 2.48. The van der Waals surface area contributed by atoms with Gasteiger partial charge in [-0.05, 0) is 35.1 Å². The van der Waals surface area contributed by atoms with Crippen molar-refractivity contribution in [3.8, 4) is 0 Å². The number of allylic oxidation sites excluding steroid dienone is 2. The molecule has 0 radical (unpaired) electrons. The maximum absolute atomic E-state index is 7.59. The number of aryl methyl sites for hydroxylation is 1. The van der Waals surface area contributed by atoms with E-state index in [4.69, 9.17) is 5.41 Å². The van der Waals surface area contributed by atoms with Crippen molar-refractivity contribution >= 4 is 11.9 Å². The molecule has 1 aromatic carbocycles. The monoisotopic (exact) mass is 268 g/mol. The van der Waals surface area contributed by atoms with Gasteiger partial charge in [-0.25, -0.2) is 0 Å². The minimum Gasteiger partial charge on any atom is -0.336 e. The van der Waals surface area contributed by atoms with Crippen LogP contribution in [0.4, 0.5) is 5.69 Å². The van der Waals surface area contributed by atoms with Gasteiger partial charge < -0.3 is 10.3 Å². The van der Waals surface area contributed by atoms with E-state index in [0.717, 1.165) is 6.42 Å². The van der Waals surface area contributed by atoms with Gasteiger partial charge in [0.05, 0.1) is 6.04 Å². The fourth-order valence-corrected chi connectivity index (χ4v) is 2.48. The summed E-state index contributed by atoms with van der Waals surface area (Å²) in [6, 6.07) is 6.73. The molecule has 0 fully saturated rings. The number of anilines is 1. The first-order chi connectivity index (χ1) is 9.47. The van der Waals surface area contributed by atoms with Crippen molar-refractivity contribution < 1.29 is 0 Å². The van der Waals surface area contributed by atoms with Gasteiger partial charge in [-0.15, -0.1) is 0 Å². The second kappa shape index (κ2) is 5.66. The van der Waals surface area contributed by atoms with Gasteiger partial charge in [0.1, 0.15) is 0 Å². The van der Waals surface area contributed by atoms with E-state index in [1.54, 1.807) is 0 Å².